The topological polar surface area (TPSA) is 29.5 Å². The van der Waals surface area contributed by atoms with Crippen LogP contribution < -0.4 is 4.74 Å². The van der Waals surface area contributed by atoms with E-state index in [1.54, 1.807) is 7.11 Å². The van der Waals surface area contributed by atoms with E-state index in [4.69, 9.17) is 4.74 Å². The molecule has 104 valence electrons. The van der Waals surface area contributed by atoms with Crippen LogP contribution in [-0.2, 0) is 11.3 Å². The Morgan fingerprint density at radius 2 is 2.11 bits per heavy atom. The van der Waals surface area contributed by atoms with Gasteiger partial charge in [-0.25, -0.2) is 0 Å². The summed E-state index contributed by atoms with van der Waals surface area (Å²) in [6, 6.07) is 8.18. The number of hydrogen-bond acceptors (Lipinski definition) is 3. The Morgan fingerprint density at radius 3 is 2.74 bits per heavy atom. The maximum absolute atomic E-state index is 11.9. The van der Waals surface area contributed by atoms with Gasteiger partial charge in [0.25, 0.3) is 0 Å². The molecule has 1 fully saturated rings. The van der Waals surface area contributed by atoms with E-state index in [9.17, 15) is 4.79 Å². The zero-order chi connectivity index (χ0) is 13.7. The fraction of sp³-hybridized carbons (Fsp3) is 0.562. The number of ether oxygens (including phenoxy) is 1. The Balaban J connectivity index is 1.85. The summed E-state index contributed by atoms with van der Waals surface area (Å²) in [5.41, 5.74) is 1.28. The number of benzene rings is 1. The number of Topliss-reactive ketones (excluding diaryl/α,β-unsaturated/α-hetero) is 1. The number of likely N-dealkylation sites (tertiary alicyclic amines) is 1. The van der Waals surface area contributed by atoms with Crippen LogP contribution in [0.15, 0.2) is 24.3 Å². The van der Waals surface area contributed by atoms with Crippen LogP contribution in [0.2, 0.25) is 0 Å². The normalized spacial score (nSPS) is 19.6. The molecule has 19 heavy (non-hydrogen) atoms. The molecule has 1 saturated heterocycles. The van der Waals surface area contributed by atoms with Crippen LogP contribution in [0.3, 0.4) is 0 Å². The third-order valence-electron chi connectivity index (χ3n) is 3.79. The van der Waals surface area contributed by atoms with E-state index in [1.165, 1.54) is 5.56 Å². The van der Waals surface area contributed by atoms with Crippen LogP contribution >= 0.6 is 0 Å². The minimum Gasteiger partial charge on any atom is -0.497 e. The largest absolute Gasteiger partial charge is 0.497 e. The highest BCUT2D eigenvalue weighted by molar-refractivity contribution is 5.81. The lowest BCUT2D eigenvalue weighted by Gasteiger charge is -2.16. The second-order valence-corrected chi connectivity index (χ2v) is 5.29. The molecule has 1 aromatic rings. The number of hydrogen-bond donors (Lipinski definition) is 0. The average molecular weight is 261 g/mol. The second kappa shape index (κ2) is 6.71. The third kappa shape index (κ3) is 3.80. The van der Waals surface area contributed by atoms with Crippen LogP contribution in [-0.4, -0.2) is 30.9 Å². The lowest BCUT2D eigenvalue weighted by Crippen LogP contribution is -2.22. The van der Waals surface area contributed by atoms with Crippen molar-refractivity contribution in [2.45, 2.75) is 32.7 Å². The summed E-state index contributed by atoms with van der Waals surface area (Å²) >= 11 is 0. The van der Waals surface area contributed by atoms with Crippen molar-refractivity contribution in [2.24, 2.45) is 5.92 Å². The molecule has 1 aliphatic heterocycles. The number of methoxy groups -OCH3 is 1. The predicted octanol–water partition coefficient (Wildman–Crippen LogP) is 2.89. The van der Waals surface area contributed by atoms with E-state index in [-0.39, 0.29) is 5.92 Å². The molecule has 0 amide bonds. The number of carbonyl (C=O) groups is 1. The molecule has 2 rings (SSSR count). The van der Waals surface area contributed by atoms with Crippen LogP contribution in [0.5, 0.6) is 5.75 Å². The monoisotopic (exact) mass is 261 g/mol. The molecule has 0 spiro atoms. The highest BCUT2D eigenvalue weighted by atomic mass is 16.5. The molecule has 3 heteroatoms. The highest BCUT2D eigenvalue weighted by Gasteiger charge is 2.27. The minimum absolute atomic E-state index is 0.262. The Labute approximate surface area is 115 Å². The van der Waals surface area contributed by atoms with E-state index in [0.717, 1.165) is 44.6 Å². The second-order valence-electron chi connectivity index (χ2n) is 5.29. The molecule has 0 aliphatic carbocycles. The number of rotatable bonds is 6. The van der Waals surface area contributed by atoms with Gasteiger partial charge < -0.3 is 4.74 Å². The van der Waals surface area contributed by atoms with Gasteiger partial charge in [-0.05, 0) is 37.1 Å². The van der Waals surface area contributed by atoms with Gasteiger partial charge in [-0.1, -0.05) is 19.1 Å². The van der Waals surface area contributed by atoms with E-state index < -0.39 is 0 Å². The maximum Gasteiger partial charge on any atom is 0.137 e. The third-order valence-corrected chi connectivity index (χ3v) is 3.79. The number of nitrogens with zero attached hydrogens (tertiary/aromatic N) is 1. The average Bonchev–Trinajstić information content (AvgIpc) is 2.88. The molecular formula is C16H23NO2. The minimum atomic E-state index is 0.262. The zero-order valence-corrected chi connectivity index (χ0v) is 11.9. The molecule has 1 heterocycles. The molecule has 3 nitrogen and oxygen atoms in total. The molecule has 0 aromatic heterocycles. The first kappa shape index (κ1) is 14.1. The van der Waals surface area contributed by atoms with Crippen molar-refractivity contribution in [1.82, 2.24) is 4.90 Å². The Morgan fingerprint density at radius 1 is 1.37 bits per heavy atom. The number of carbonyl (C=O) groups excluding carboxylic acids is 1. The van der Waals surface area contributed by atoms with Crippen molar-refractivity contribution in [3.8, 4) is 5.75 Å². The lowest BCUT2D eigenvalue weighted by molar-refractivity contribution is -0.122. The summed E-state index contributed by atoms with van der Waals surface area (Å²) in [5.74, 6) is 1.60. The van der Waals surface area contributed by atoms with Crippen molar-refractivity contribution >= 4 is 5.78 Å². The van der Waals surface area contributed by atoms with Gasteiger partial charge in [-0.15, -0.1) is 0 Å². The van der Waals surface area contributed by atoms with E-state index >= 15 is 0 Å². The van der Waals surface area contributed by atoms with Crippen molar-refractivity contribution < 1.29 is 9.53 Å². The molecule has 1 atom stereocenters. The van der Waals surface area contributed by atoms with Crippen LogP contribution in [0.1, 0.15) is 31.7 Å². The van der Waals surface area contributed by atoms with Gasteiger partial charge in [0.2, 0.25) is 0 Å². The summed E-state index contributed by atoms with van der Waals surface area (Å²) in [7, 11) is 1.68. The molecule has 1 unspecified atom stereocenters. The van der Waals surface area contributed by atoms with Gasteiger partial charge in [0.15, 0.2) is 0 Å². The smallest absolute Gasteiger partial charge is 0.137 e. The predicted molar refractivity (Wildman–Crippen MR) is 76.3 cm³/mol. The zero-order valence-electron chi connectivity index (χ0n) is 11.9. The van der Waals surface area contributed by atoms with E-state index in [2.05, 4.69) is 24.0 Å². The summed E-state index contributed by atoms with van der Waals surface area (Å²) in [6.45, 7) is 4.96. The standard InChI is InChI=1S/C16H23NO2/c1-3-4-16(18)14-9-10-17(12-14)11-13-5-7-15(19-2)8-6-13/h5-8,14H,3-4,9-12H2,1-2H3. The molecular weight excluding hydrogens is 238 g/mol. The van der Waals surface area contributed by atoms with E-state index in [1.807, 2.05) is 12.1 Å². The van der Waals surface area contributed by atoms with Gasteiger partial charge in [-0.3, -0.25) is 9.69 Å². The first-order valence-corrected chi connectivity index (χ1v) is 7.11. The molecule has 0 bridgehead atoms. The summed E-state index contributed by atoms with van der Waals surface area (Å²) in [5, 5.41) is 0. The van der Waals surface area contributed by atoms with Gasteiger partial charge in [0, 0.05) is 25.4 Å². The highest BCUT2D eigenvalue weighted by Crippen LogP contribution is 2.21. The fourth-order valence-electron chi connectivity index (χ4n) is 2.68. The number of ketones is 1. The van der Waals surface area contributed by atoms with Crippen molar-refractivity contribution in [3.05, 3.63) is 29.8 Å². The van der Waals surface area contributed by atoms with Gasteiger partial charge >= 0.3 is 0 Å². The van der Waals surface area contributed by atoms with Crippen LogP contribution in [0, 0.1) is 5.92 Å². The fourth-order valence-corrected chi connectivity index (χ4v) is 2.68. The van der Waals surface area contributed by atoms with Crippen molar-refractivity contribution in [2.75, 3.05) is 20.2 Å². The van der Waals surface area contributed by atoms with Gasteiger partial charge in [0.05, 0.1) is 7.11 Å². The van der Waals surface area contributed by atoms with Crippen molar-refractivity contribution in [1.29, 1.82) is 0 Å². The van der Waals surface area contributed by atoms with Gasteiger partial charge in [0.1, 0.15) is 11.5 Å². The summed E-state index contributed by atoms with van der Waals surface area (Å²) < 4.78 is 5.16. The molecule has 1 aliphatic rings. The quantitative estimate of drug-likeness (QED) is 0.788. The first-order chi connectivity index (χ1) is 9.22. The summed E-state index contributed by atoms with van der Waals surface area (Å²) in [6.07, 6.45) is 2.73. The Bertz CT molecular complexity index is 413. The Kier molecular flexibility index (Phi) is 4.97. The maximum atomic E-state index is 11.9. The molecule has 0 radical (unpaired) electrons. The lowest BCUT2D eigenvalue weighted by atomic mass is 10.00. The summed E-state index contributed by atoms with van der Waals surface area (Å²) in [4.78, 5) is 14.3. The molecule has 1 aromatic carbocycles. The van der Waals surface area contributed by atoms with E-state index in [0.29, 0.717) is 5.78 Å². The van der Waals surface area contributed by atoms with Crippen LogP contribution in [0.4, 0.5) is 0 Å². The SMILES string of the molecule is CCCC(=O)C1CCN(Cc2ccc(OC)cc2)C1. The first-order valence-electron chi connectivity index (χ1n) is 7.11. The molecule has 0 saturated carbocycles. The van der Waals surface area contributed by atoms with Crippen molar-refractivity contribution in [3.63, 3.8) is 0 Å². The van der Waals surface area contributed by atoms with Gasteiger partial charge in [-0.2, -0.15) is 0 Å². The van der Waals surface area contributed by atoms with Crippen LogP contribution in [0.25, 0.3) is 0 Å². The Hall–Kier alpha value is -1.35. The molecule has 0 N–H and O–H groups in total.